The van der Waals surface area contributed by atoms with Crippen molar-refractivity contribution in [2.24, 2.45) is 0 Å². The number of thioether (sulfide) groups is 1. The van der Waals surface area contributed by atoms with Crippen molar-refractivity contribution in [1.29, 1.82) is 0 Å². The number of carbonyl (C=O) groups excluding carboxylic acids is 1. The molecule has 0 unspecified atom stereocenters. The predicted molar refractivity (Wildman–Crippen MR) is 105 cm³/mol. The molecule has 2 aromatic rings. The number of hydrogen-bond donors (Lipinski definition) is 1. The Bertz CT molecular complexity index is 1040. The Kier molecular flexibility index (Phi) is 4.21. The fourth-order valence-electron chi connectivity index (χ4n) is 3.39. The third kappa shape index (κ3) is 2.88. The molecule has 2 heterocycles. The lowest BCUT2D eigenvalue weighted by Gasteiger charge is -2.29. The second kappa shape index (κ2) is 6.18. The van der Waals surface area contributed by atoms with Crippen LogP contribution in [0.1, 0.15) is 18.1 Å². The summed E-state index contributed by atoms with van der Waals surface area (Å²) in [6, 6.07) is 8.51. The number of halogens is 1. The molecule has 136 valence electrons. The van der Waals surface area contributed by atoms with E-state index in [-0.39, 0.29) is 22.5 Å². The van der Waals surface area contributed by atoms with Crippen molar-refractivity contribution in [2.75, 3.05) is 16.2 Å². The number of amides is 1. The summed E-state index contributed by atoms with van der Waals surface area (Å²) in [5.41, 5.74) is 2.59. The van der Waals surface area contributed by atoms with E-state index in [0.29, 0.717) is 22.8 Å². The van der Waals surface area contributed by atoms with Gasteiger partial charge < -0.3 is 4.90 Å². The van der Waals surface area contributed by atoms with Gasteiger partial charge >= 0.3 is 0 Å². The number of hydrogen-bond acceptors (Lipinski definition) is 4. The molecule has 0 aromatic heterocycles. The van der Waals surface area contributed by atoms with Gasteiger partial charge in [0.05, 0.1) is 27.7 Å². The number of rotatable bonds is 3. The zero-order chi connectivity index (χ0) is 18.6. The monoisotopic (exact) mass is 408 g/mol. The number of sulfonamides is 1. The molecule has 1 amide bonds. The second-order valence-electron chi connectivity index (χ2n) is 6.59. The zero-order valence-corrected chi connectivity index (χ0v) is 16.6. The van der Waals surface area contributed by atoms with Crippen molar-refractivity contribution in [1.82, 2.24) is 0 Å². The number of nitrogens with zero attached hydrogens (tertiary/aromatic N) is 1. The van der Waals surface area contributed by atoms with Crippen molar-refractivity contribution >= 4 is 50.7 Å². The van der Waals surface area contributed by atoms with Crippen LogP contribution in [-0.4, -0.2) is 26.1 Å². The smallest absolute Gasteiger partial charge is 0.262 e. The summed E-state index contributed by atoms with van der Waals surface area (Å²) < 4.78 is 28.5. The summed E-state index contributed by atoms with van der Waals surface area (Å²) in [4.78, 5) is 15.2. The summed E-state index contributed by atoms with van der Waals surface area (Å²) in [7, 11) is -3.86. The van der Waals surface area contributed by atoms with E-state index in [9.17, 15) is 13.2 Å². The largest absolute Gasteiger partial charge is 0.310 e. The molecule has 26 heavy (non-hydrogen) atoms. The lowest BCUT2D eigenvalue weighted by atomic mass is 10.1. The average Bonchev–Trinajstić information content (AvgIpc) is 2.88. The predicted octanol–water partition coefficient (Wildman–Crippen LogP) is 3.83. The minimum absolute atomic E-state index is 0.0515. The van der Waals surface area contributed by atoms with Crippen LogP contribution >= 0.6 is 23.4 Å². The van der Waals surface area contributed by atoms with E-state index < -0.39 is 10.0 Å². The van der Waals surface area contributed by atoms with Crippen LogP contribution in [0, 0.1) is 6.92 Å². The van der Waals surface area contributed by atoms with E-state index in [1.807, 2.05) is 6.92 Å². The molecular weight excluding hydrogens is 392 g/mol. The fourth-order valence-corrected chi connectivity index (χ4v) is 6.19. The van der Waals surface area contributed by atoms with E-state index in [2.05, 4.69) is 11.6 Å². The Labute approximate surface area is 161 Å². The van der Waals surface area contributed by atoms with E-state index in [4.69, 9.17) is 11.6 Å². The van der Waals surface area contributed by atoms with Gasteiger partial charge in [0.1, 0.15) is 0 Å². The van der Waals surface area contributed by atoms with Crippen LogP contribution in [0.2, 0.25) is 5.02 Å². The van der Waals surface area contributed by atoms with Gasteiger partial charge in [0.25, 0.3) is 10.0 Å². The van der Waals surface area contributed by atoms with Gasteiger partial charge in [-0.1, -0.05) is 24.6 Å². The van der Waals surface area contributed by atoms with E-state index in [1.165, 1.54) is 0 Å². The summed E-state index contributed by atoms with van der Waals surface area (Å²) in [6.45, 7) is 4.54. The summed E-state index contributed by atoms with van der Waals surface area (Å²) >= 11 is 7.84. The molecule has 0 spiro atoms. The number of anilines is 2. The first-order chi connectivity index (χ1) is 12.3. The van der Waals surface area contributed by atoms with Gasteiger partial charge in [-0.15, -0.1) is 11.8 Å². The number of carbonyl (C=O) groups is 1. The molecule has 8 heteroatoms. The molecule has 2 aromatic carbocycles. The maximum atomic E-state index is 13.0. The highest BCUT2D eigenvalue weighted by atomic mass is 35.5. The SMILES string of the molecule is Cc1ccc(NS(=O)(=O)c2ccc3c4c2CC(=O)N4C[C@H](C)S3)c(Cl)c1. The summed E-state index contributed by atoms with van der Waals surface area (Å²) in [6.07, 6.45) is 0.105. The minimum atomic E-state index is -3.86. The van der Waals surface area contributed by atoms with Crippen LogP contribution in [0.5, 0.6) is 0 Å². The van der Waals surface area contributed by atoms with Gasteiger partial charge in [0.2, 0.25) is 5.91 Å². The van der Waals surface area contributed by atoms with Crippen LogP contribution in [0.25, 0.3) is 0 Å². The zero-order valence-electron chi connectivity index (χ0n) is 14.2. The molecule has 0 saturated heterocycles. The van der Waals surface area contributed by atoms with Crippen LogP contribution in [0.3, 0.4) is 0 Å². The maximum absolute atomic E-state index is 13.0. The van der Waals surface area contributed by atoms with E-state index in [0.717, 1.165) is 16.1 Å². The molecule has 0 fully saturated rings. The molecule has 0 bridgehead atoms. The van der Waals surface area contributed by atoms with Gasteiger partial charge in [0, 0.05) is 22.3 Å². The third-order valence-electron chi connectivity index (χ3n) is 4.53. The molecule has 1 atom stereocenters. The number of aryl methyl sites for hydroxylation is 1. The quantitative estimate of drug-likeness (QED) is 0.838. The Morgan fingerprint density at radius 2 is 2.04 bits per heavy atom. The lowest BCUT2D eigenvalue weighted by molar-refractivity contribution is -0.117. The molecule has 0 aliphatic carbocycles. The molecule has 4 rings (SSSR count). The van der Waals surface area contributed by atoms with Gasteiger partial charge in [-0.25, -0.2) is 8.42 Å². The molecule has 0 saturated carbocycles. The van der Waals surface area contributed by atoms with Crippen LogP contribution < -0.4 is 9.62 Å². The molecule has 0 radical (unpaired) electrons. The topological polar surface area (TPSA) is 66.5 Å². The minimum Gasteiger partial charge on any atom is -0.310 e. The van der Waals surface area contributed by atoms with Gasteiger partial charge in [-0.05, 0) is 36.8 Å². The molecule has 5 nitrogen and oxygen atoms in total. The van der Waals surface area contributed by atoms with Crippen molar-refractivity contribution in [2.45, 2.75) is 35.3 Å². The normalized spacial score (nSPS) is 18.8. The van der Waals surface area contributed by atoms with Gasteiger partial charge in [-0.2, -0.15) is 0 Å². The van der Waals surface area contributed by atoms with Crippen LogP contribution in [0.4, 0.5) is 11.4 Å². The van der Waals surface area contributed by atoms with Crippen molar-refractivity contribution < 1.29 is 13.2 Å². The van der Waals surface area contributed by atoms with E-state index in [1.54, 1.807) is 47.0 Å². The average molecular weight is 409 g/mol. The molecule has 2 aliphatic heterocycles. The molecular formula is C18H17ClN2O3S2. The van der Waals surface area contributed by atoms with Gasteiger partial charge in [-0.3, -0.25) is 9.52 Å². The summed E-state index contributed by atoms with van der Waals surface area (Å²) in [5, 5.41) is 0.620. The molecule has 2 aliphatic rings. The standard InChI is InChI=1S/C18H17ClN2O3S2/c1-10-3-4-14(13(19)7-10)20-26(23,24)16-6-5-15-18-12(16)8-17(22)21(18)9-11(2)25-15/h3-7,11,20H,8-9H2,1-2H3/t11-/m0/s1. The lowest BCUT2D eigenvalue weighted by Crippen LogP contribution is -2.35. The van der Waals surface area contributed by atoms with Crippen LogP contribution in [0.15, 0.2) is 40.1 Å². The Morgan fingerprint density at radius 1 is 1.27 bits per heavy atom. The number of nitrogens with one attached hydrogen (secondary N) is 1. The van der Waals surface area contributed by atoms with Crippen molar-refractivity contribution in [3.63, 3.8) is 0 Å². The Balaban J connectivity index is 1.78. The van der Waals surface area contributed by atoms with Crippen LogP contribution in [-0.2, 0) is 21.2 Å². The summed E-state index contributed by atoms with van der Waals surface area (Å²) in [5.74, 6) is -0.0515. The van der Waals surface area contributed by atoms with Gasteiger partial charge in [0.15, 0.2) is 0 Å². The fraction of sp³-hybridized carbons (Fsp3) is 0.278. The molecule has 1 N–H and O–H groups in total. The van der Waals surface area contributed by atoms with E-state index >= 15 is 0 Å². The van der Waals surface area contributed by atoms with Crippen molar-refractivity contribution in [3.8, 4) is 0 Å². The first-order valence-electron chi connectivity index (χ1n) is 8.18. The second-order valence-corrected chi connectivity index (χ2v) is 10.1. The first kappa shape index (κ1) is 17.7. The highest BCUT2D eigenvalue weighted by Crippen LogP contribution is 2.46. The highest BCUT2D eigenvalue weighted by Gasteiger charge is 2.38. The highest BCUT2D eigenvalue weighted by molar-refractivity contribution is 8.00. The first-order valence-corrected chi connectivity index (χ1v) is 10.9. The van der Waals surface area contributed by atoms with Crippen molar-refractivity contribution in [3.05, 3.63) is 46.5 Å². The number of benzene rings is 2. The maximum Gasteiger partial charge on any atom is 0.262 e. The Hall–Kier alpha value is -1.70. The third-order valence-corrected chi connectivity index (χ3v) is 7.43. The Morgan fingerprint density at radius 3 is 2.77 bits per heavy atom.